The van der Waals surface area contributed by atoms with E-state index >= 15 is 0 Å². The van der Waals surface area contributed by atoms with Crippen LogP contribution in [0.4, 0.5) is 0 Å². The van der Waals surface area contributed by atoms with Crippen LogP contribution in [0.15, 0.2) is 35.1 Å². The maximum absolute atomic E-state index is 6.20. The monoisotopic (exact) mass is 375 g/mol. The quantitative estimate of drug-likeness (QED) is 0.700. The number of benzene rings is 1. The first-order valence-electron chi connectivity index (χ1n) is 5.78. The van der Waals surface area contributed by atoms with Crippen LogP contribution in [0.2, 0.25) is 5.02 Å². The Morgan fingerprint density at radius 1 is 1.20 bits per heavy atom. The maximum Gasteiger partial charge on any atom is 0.180 e. The highest BCUT2D eigenvalue weighted by Gasteiger charge is 2.12. The van der Waals surface area contributed by atoms with Gasteiger partial charge in [0.15, 0.2) is 11.5 Å². The first-order valence-corrected chi connectivity index (χ1v) is 7.49. The van der Waals surface area contributed by atoms with E-state index in [-0.39, 0.29) is 0 Å². The summed E-state index contributed by atoms with van der Waals surface area (Å²) >= 11 is 15.4. The number of aromatic nitrogens is 1. The fraction of sp³-hybridized carbons (Fsp3) is 0.214. The van der Waals surface area contributed by atoms with Gasteiger partial charge in [-0.1, -0.05) is 11.6 Å². The smallest absolute Gasteiger partial charge is 0.180 e. The summed E-state index contributed by atoms with van der Waals surface area (Å²) in [6.07, 6.45) is 3.45. The number of halogens is 3. The Balaban J connectivity index is 2.20. The molecule has 1 aromatic carbocycles. The molecule has 106 valence electrons. The Bertz CT molecular complexity index is 608. The molecule has 0 radical (unpaired) electrons. The second kappa shape index (κ2) is 7.16. The summed E-state index contributed by atoms with van der Waals surface area (Å²) < 4.78 is 11.9. The van der Waals surface area contributed by atoms with E-state index in [9.17, 15) is 0 Å². The number of rotatable bonds is 5. The molecule has 20 heavy (non-hydrogen) atoms. The highest BCUT2D eigenvalue weighted by Crippen LogP contribution is 2.37. The lowest BCUT2D eigenvalue weighted by molar-refractivity contribution is 0.284. The van der Waals surface area contributed by atoms with Gasteiger partial charge in [-0.3, -0.25) is 4.98 Å². The third-order valence-electron chi connectivity index (χ3n) is 2.59. The van der Waals surface area contributed by atoms with Crippen molar-refractivity contribution in [3.63, 3.8) is 0 Å². The van der Waals surface area contributed by atoms with E-state index in [1.807, 2.05) is 12.1 Å². The molecule has 0 amide bonds. The van der Waals surface area contributed by atoms with Crippen LogP contribution in [0.25, 0.3) is 0 Å². The first kappa shape index (κ1) is 15.4. The zero-order valence-corrected chi connectivity index (χ0v) is 13.8. The van der Waals surface area contributed by atoms with Crippen LogP contribution in [0.5, 0.6) is 11.5 Å². The van der Waals surface area contributed by atoms with Gasteiger partial charge in [-0.15, -0.1) is 11.6 Å². The van der Waals surface area contributed by atoms with E-state index in [1.54, 1.807) is 25.6 Å². The van der Waals surface area contributed by atoms with Crippen molar-refractivity contribution in [2.75, 3.05) is 7.11 Å². The molecule has 0 aliphatic rings. The van der Waals surface area contributed by atoms with Gasteiger partial charge in [0.05, 0.1) is 12.1 Å². The Morgan fingerprint density at radius 3 is 2.65 bits per heavy atom. The van der Waals surface area contributed by atoms with Crippen molar-refractivity contribution in [1.29, 1.82) is 0 Å². The summed E-state index contributed by atoms with van der Waals surface area (Å²) in [5.41, 5.74) is 1.81. The number of nitrogens with zero attached hydrogens (tertiary/aromatic N) is 1. The van der Waals surface area contributed by atoms with Crippen LogP contribution < -0.4 is 9.47 Å². The molecule has 6 heteroatoms. The van der Waals surface area contributed by atoms with E-state index in [0.29, 0.717) is 29.0 Å². The minimum absolute atomic E-state index is 0.350. The number of alkyl halides is 1. The Labute approximate surface area is 136 Å². The second-order valence-electron chi connectivity index (χ2n) is 4.04. The number of ether oxygens (including phenoxy) is 2. The molecule has 3 nitrogen and oxygen atoms in total. The molecule has 0 aliphatic carbocycles. The first-order chi connectivity index (χ1) is 9.63. The van der Waals surface area contributed by atoms with Crippen LogP contribution in [0, 0.1) is 0 Å². The zero-order chi connectivity index (χ0) is 14.5. The van der Waals surface area contributed by atoms with Crippen molar-refractivity contribution in [3.05, 3.63) is 51.2 Å². The van der Waals surface area contributed by atoms with Crippen molar-refractivity contribution < 1.29 is 9.47 Å². The van der Waals surface area contributed by atoms with E-state index in [0.717, 1.165) is 15.6 Å². The Morgan fingerprint density at radius 2 is 2.00 bits per heavy atom. The largest absolute Gasteiger partial charge is 0.493 e. The van der Waals surface area contributed by atoms with Gasteiger partial charge in [0.2, 0.25) is 0 Å². The predicted molar refractivity (Wildman–Crippen MR) is 83.8 cm³/mol. The molecule has 1 heterocycles. The molecule has 0 saturated heterocycles. The summed E-state index contributed by atoms with van der Waals surface area (Å²) in [7, 11) is 1.57. The molecule has 2 aromatic rings. The average Bonchev–Trinajstić information content (AvgIpc) is 2.45. The molecule has 0 atom stereocenters. The summed E-state index contributed by atoms with van der Waals surface area (Å²) in [5.74, 6) is 1.44. The van der Waals surface area contributed by atoms with Gasteiger partial charge in [-0.05, 0) is 39.7 Å². The van der Waals surface area contributed by atoms with Crippen molar-refractivity contribution in [3.8, 4) is 11.5 Å². The van der Waals surface area contributed by atoms with E-state index in [1.165, 1.54) is 0 Å². The number of pyridine rings is 1. The van der Waals surface area contributed by atoms with Crippen LogP contribution in [0.1, 0.15) is 11.1 Å². The lowest BCUT2D eigenvalue weighted by atomic mass is 10.2. The molecule has 0 spiro atoms. The maximum atomic E-state index is 6.20. The van der Waals surface area contributed by atoms with Gasteiger partial charge in [0.1, 0.15) is 6.61 Å². The van der Waals surface area contributed by atoms with Crippen molar-refractivity contribution in [2.24, 2.45) is 0 Å². The van der Waals surface area contributed by atoms with Gasteiger partial charge in [-0.25, -0.2) is 0 Å². The predicted octanol–water partition coefficient (Wildman–Crippen LogP) is 4.82. The highest BCUT2D eigenvalue weighted by atomic mass is 79.9. The van der Waals surface area contributed by atoms with Gasteiger partial charge in [0, 0.05) is 28.3 Å². The zero-order valence-electron chi connectivity index (χ0n) is 10.7. The number of hydrogen-bond acceptors (Lipinski definition) is 3. The highest BCUT2D eigenvalue weighted by molar-refractivity contribution is 9.10. The molecule has 0 bridgehead atoms. The lowest BCUT2D eigenvalue weighted by Crippen LogP contribution is -1.99. The number of hydrogen-bond donors (Lipinski definition) is 0. The van der Waals surface area contributed by atoms with E-state index in [4.69, 9.17) is 32.7 Å². The van der Waals surface area contributed by atoms with Crippen LogP contribution in [-0.2, 0) is 12.5 Å². The molecule has 2 rings (SSSR count). The molecule has 1 aromatic heterocycles. The SMILES string of the molecule is COc1cc(CCl)cc(Cl)c1OCc1cncc(Br)c1. The fourth-order valence-corrected chi connectivity index (χ4v) is 2.54. The number of methoxy groups -OCH3 is 1. The van der Waals surface area contributed by atoms with Gasteiger partial charge < -0.3 is 9.47 Å². The summed E-state index contributed by atoms with van der Waals surface area (Å²) in [5, 5.41) is 0.475. The van der Waals surface area contributed by atoms with Gasteiger partial charge >= 0.3 is 0 Å². The second-order valence-corrected chi connectivity index (χ2v) is 5.63. The van der Waals surface area contributed by atoms with Crippen LogP contribution >= 0.6 is 39.1 Å². The van der Waals surface area contributed by atoms with Crippen molar-refractivity contribution >= 4 is 39.1 Å². The summed E-state index contributed by atoms with van der Waals surface area (Å²) in [6.45, 7) is 0.350. The normalized spacial score (nSPS) is 10.4. The molecular formula is C14H12BrCl2NO2. The Kier molecular flexibility index (Phi) is 5.52. The minimum atomic E-state index is 0.350. The van der Waals surface area contributed by atoms with Crippen LogP contribution in [0.3, 0.4) is 0 Å². The van der Waals surface area contributed by atoms with E-state index in [2.05, 4.69) is 20.9 Å². The average molecular weight is 377 g/mol. The Hall–Kier alpha value is -0.970. The van der Waals surface area contributed by atoms with Crippen molar-refractivity contribution in [2.45, 2.75) is 12.5 Å². The molecule has 0 saturated carbocycles. The third-order valence-corrected chi connectivity index (χ3v) is 3.61. The third kappa shape index (κ3) is 3.78. The fourth-order valence-electron chi connectivity index (χ4n) is 1.68. The molecule has 0 aliphatic heterocycles. The van der Waals surface area contributed by atoms with Gasteiger partial charge in [-0.2, -0.15) is 0 Å². The molecular weight excluding hydrogens is 365 g/mol. The van der Waals surface area contributed by atoms with Gasteiger partial charge in [0.25, 0.3) is 0 Å². The molecule has 0 fully saturated rings. The van der Waals surface area contributed by atoms with Crippen molar-refractivity contribution in [1.82, 2.24) is 4.98 Å². The minimum Gasteiger partial charge on any atom is -0.493 e. The summed E-state index contributed by atoms with van der Waals surface area (Å²) in [6, 6.07) is 5.51. The summed E-state index contributed by atoms with van der Waals surface area (Å²) in [4.78, 5) is 4.08. The molecule has 0 N–H and O–H groups in total. The molecule has 0 unspecified atom stereocenters. The standard InChI is InChI=1S/C14H12BrCl2NO2/c1-19-13-4-9(5-16)3-12(17)14(13)20-8-10-2-11(15)7-18-6-10/h2-4,6-7H,5,8H2,1H3. The van der Waals surface area contributed by atoms with Crippen LogP contribution in [-0.4, -0.2) is 12.1 Å². The lowest BCUT2D eigenvalue weighted by Gasteiger charge is -2.13. The van der Waals surface area contributed by atoms with E-state index < -0.39 is 0 Å². The topological polar surface area (TPSA) is 31.4 Å².